The number of carbonyl (C=O) groups is 1. The van der Waals surface area contributed by atoms with E-state index in [2.05, 4.69) is 20.6 Å². The van der Waals surface area contributed by atoms with E-state index in [0.29, 0.717) is 15.0 Å². The summed E-state index contributed by atoms with van der Waals surface area (Å²) in [7, 11) is 0. The number of carbonyl (C=O) groups excluding carboxylic acids is 1. The molecule has 1 amide bonds. The summed E-state index contributed by atoms with van der Waals surface area (Å²) in [5, 5.41) is 15.3. The van der Waals surface area contributed by atoms with Crippen molar-refractivity contribution in [1.82, 2.24) is 25.1 Å². The first kappa shape index (κ1) is 17.9. The second kappa shape index (κ2) is 6.96. The van der Waals surface area contributed by atoms with Gasteiger partial charge in [-0.05, 0) is 13.3 Å². The molecule has 9 heteroatoms. The Bertz CT molecular complexity index is 763. The summed E-state index contributed by atoms with van der Waals surface area (Å²) < 4.78 is 1.90. The molecule has 2 heterocycles. The third-order valence-electron chi connectivity index (χ3n) is 3.23. The lowest BCUT2D eigenvalue weighted by Gasteiger charge is -2.14. The molecule has 0 fully saturated rings. The highest BCUT2D eigenvalue weighted by Gasteiger charge is 2.23. The van der Waals surface area contributed by atoms with Crippen molar-refractivity contribution < 1.29 is 4.79 Å². The van der Waals surface area contributed by atoms with Crippen molar-refractivity contribution in [2.24, 2.45) is 0 Å². The molecule has 0 aliphatic heterocycles. The number of nitrogens with one attached hydrogen (secondary N) is 1. The van der Waals surface area contributed by atoms with E-state index in [1.165, 1.54) is 27.6 Å². The lowest BCUT2D eigenvalue weighted by molar-refractivity contribution is -0.119. The molecule has 0 spiro atoms. The first-order valence-corrected chi connectivity index (χ1v) is 9.21. The number of thioether (sulfide) groups is 1. The largest absolute Gasteiger partial charge is 0.353 e. The summed E-state index contributed by atoms with van der Waals surface area (Å²) in [6, 6.07) is 0.154. The Morgan fingerprint density at radius 2 is 2.09 bits per heavy atom. The summed E-state index contributed by atoms with van der Waals surface area (Å²) in [6.45, 7) is 9.71. The van der Waals surface area contributed by atoms with Crippen LogP contribution in [0.15, 0.2) is 9.13 Å². The van der Waals surface area contributed by atoms with Gasteiger partial charge in [-0.15, -0.1) is 15.3 Å². The number of rotatable bonds is 5. The van der Waals surface area contributed by atoms with Crippen LogP contribution in [0.25, 0.3) is 4.96 Å². The van der Waals surface area contributed by atoms with Gasteiger partial charge in [0.25, 0.3) is 5.56 Å². The topological polar surface area (TPSA) is 89.3 Å². The zero-order valence-electron chi connectivity index (χ0n) is 13.9. The fourth-order valence-corrected chi connectivity index (χ4v) is 3.46. The fraction of sp³-hybridized carbons (Fsp3) is 0.643. The predicted octanol–water partition coefficient (Wildman–Crippen LogP) is 1.85. The molecular formula is C14H21N5O2S2. The number of hydrogen-bond donors (Lipinski definition) is 1. The minimum absolute atomic E-state index is 0.0441. The highest BCUT2D eigenvalue weighted by atomic mass is 32.2. The summed E-state index contributed by atoms with van der Waals surface area (Å²) in [5.41, 5.74) is -0.265. The summed E-state index contributed by atoms with van der Waals surface area (Å²) >= 11 is 2.56. The van der Waals surface area contributed by atoms with Crippen LogP contribution in [0.3, 0.4) is 0 Å². The quantitative estimate of drug-likeness (QED) is 0.823. The number of aromatic nitrogens is 4. The number of nitrogens with zero attached hydrogens (tertiary/aromatic N) is 4. The zero-order chi connectivity index (χ0) is 17.2. The van der Waals surface area contributed by atoms with Gasteiger partial charge in [-0.2, -0.15) is 4.52 Å². The smallest absolute Gasteiger partial charge is 0.297 e. The molecule has 23 heavy (non-hydrogen) atoms. The van der Waals surface area contributed by atoms with Gasteiger partial charge in [0.1, 0.15) is 5.69 Å². The standard InChI is InChI=1S/C14H21N5O2S2/c1-6-8(2)15-9(20)7-22-13-18-19-11(21)10(14(3,4)5)16-17-12(19)23-13/h8H,6-7H2,1-5H3,(H,15,20)/t8-/m0/s1. The van der Waals surface area contributed by atoms with Crippen LogP contribution >= 0.6 is 23.1 Å². The van der Waals surface area contributed by atoms with Gasteiger partial charge >= 0.3 is 0 Å². The highest BCUT2D eigenvalue weighted by molar-refractivity contribution is 8.01. The van der Waals surface area contributed by atoms with Crippen molar-refractivity contribution in [2.45, 2.75) is 56.8 Å². The highest BCUT2D eigenvalue weighted by Crippen LogP contribution is 2.23. The van der Waals surface area contributed by atoms with Crippen molar-refractivity contribution in [3.63, 3.8) is 0 Å². The van der Waals surface area contributed by atoms with E-state index in [-0.39, 0.29) is 23.3 Å². The van der Waals surface area contributed by atoms with Crippen LogP contribution in [0.4, 0.5) is 0 Å². The molecule has 2 aromatic rings. The van der Waals surface area contributed by atoms with Gasteiger partial charge < -0.3 is 5.32 Å². The van der Waals surface area contributed by atoms with Crippen molar-refractivity contribution in [1.29, 1.82) is 0 Å². The Balaban J connectivity index is 2.17. The molecule has 0 bridgehead atoms. The lowest BCUT2D eigenvalue weighted by atomic mass is 9.93. The molecule has 1 N–H and O–H groups in total. The van der Waals surface area contributed by atoms with Gasteiger partial charge in [0, 0.05) is 11.5 Å². The average molecular weight is 355 g/mol. The lowest BCUT2D eigenvalue weighted by Crippen LogP contribution is -2.33. The van der Waals surface area contributed by atoms with E-state index < -0.39 is 5.41 Å². The molecule has 0 radical (unpaired) electrons. The van der Waals surface area contributed by atoms with Gasteiger partial charge in [-0.25, -0.2) is 0 Å². The maximum Gasteiger partial charge on any atom is 0.297 e. The molecule has 126 valence electrons. The molecule has 2 rings (SSSR count). The molecular weight excluding hydrogens is 334 g/mol. The SMILES string of the molecule is CC[C@H](C)NC(=O)CSc1nn2c(=O)c(C(C)(C)C)nnc2s1. The molecule has 0 aromatic carbocycles. The number of hydrogen-bond acceptors (Lipinski definition) is 7. The molecule has 0 unspecified atom stereocenters. The Kier molecular flexibility index (Phi) is 5.41. The predicted molar refractivity (Wildman–Crippen MR) is 92.2 cm³/mol. The Hall–Kier alpha value is -1.48. The van der Waals surface area contributed by atoms with E-state index in [9.17, 15) is 9.59 Å². The van der Waals surface area contributed by atoms with Crippen LogP contribution in [0.1, 0.15) is 46.7 Å². The Labute approximate surface area is 142 Å². The maximum atomic E-state index is 12.4. The molecule has 0 aliphatic rings. The van der Waals surface area contributed by atoms with Crippen molar-refractivity contribution in [3.8, 4) is 0 Å². The van der Waals surface area contributed by atoms with Crippen LogP contribution in [-0.2, 0) is 10.2 Å². The number of amides is 1. The first-order chi connectivity index (χ1) is 10.7. The van der Waals surface area contributed by atoms with Gasteiger partial charge in [-0.3, -0.25) is 9.59 Å². The average Bonchev–Trinajstić information content (AvgIpc) is 2.88. The van der Waals surface area contributed by atoms with Gasteiger partial charge in [0.2, 0.25) is 10.9 Å². The summed E-state index contributed by atoms with van der Waals surface area (Å²) in [4.78, 5) is 24.7. The third-order valence-corrected chi connectivity index (χ3v) is 5.26. The van der Waals surface area contributed by atoms with E-state index >= 15 is 0 Å². The molecule has 0 saturated heterocycles. The second-order valence-electron chi connectivity index (χ2n) is 6.33. The molecule has 7 nitrogen and oxygen atoms in total. The Morgan fingerprint density at radius 1 is 1.39 bits per heavy atom. The van der Waals surface area contributed by atoms with Crippen molar-refractivity contribution in [3.05, 3.63) is 16.0 Å². The van der Waals surface area contributed by atoms with Crippen molar-refractivity contribution >= 4 is 34.0 Å². The molecule has 2 aromatic heterocycles. The van der Waals surface area contributed by atoms with Crippen LogP contribution in [0, 0.1) is 0 Å². The minimum Gasteiger partial charge on any atom is -0.353 e. The first-order valence-electron chi connectivity index (χ1n) is 7.41. The zero-order valence-corrected chi connectivity index (χ0v) is 15.5. The Morgan fingerprint density at radius 3 is 2.70 bits per heavy atom. The molecule has 0 aliphatic carbocycles. The van der Waals surface area contributed by atoms with Crippen LogP contribution in [0.5, 0.6) is 0 Å². The fourth-order valence-electron chi connectivity index (χ4n) is 1.77. The molecule has 0 saturated carbocycles. The van der Waals surface area contributed by atoms with Crippen LogP contribution in [0.2, 0.25) is 0 Å². The van der Waals surface area contributed by atoms with E-state index in [4.69, 9.17) is 0 Å². The van der Waals surface area contributed by atoms with Crippen LogP contribution < -0.4 is 10.9 Å². The second-order valence-corrected chi connectivity index (χ2v) is 8.51. The van der Waals surface area contributed by atoms with E-state index in [1.54, 1.807) is 0 Å². The summed E-state index contributed by atoms with van der Waals surface area (Å²) in [6.07, 6.45) is 0.887. The summed E-state index contributed by atoms with van der Waals surface area (Å²) in [5.74, 6) is 0.218. The third kappa shape index (κ3) is 4.29. The van der Waals surface area contributed by atoms with Gasteiger partial charge in [0.05, 0.1) is 5.75 Å². The van der Waals surface area contributed by atoms with Gasteiger partial charge in [0.15, 0.2) is 4.34 Å². The van der Waals surface area contributed by atoms with Gasteiger partial charge in [-0.1, -0.05) is 50.8 Å². The minimum atomic E-state index is -0.391. The van der Waals surface area contributed by atoms with E-state index in [1.807, 2.05) is 34.6 Å². The normalized spacial score (nSPS) is 13.3. The molecule has 1 atom stereocenters. The van der Waals surface area contributed by atoms with Crippen molar-refractivity contribution in [2.75, 3.05) is 5.75 Å². The maximum absolute atomic E-state index is 12.4. The van der Waals surface area contributed by atoms with Crippen LogP contribution in [-0.4, -0.2) is 37.5 Å². The number of fused-ring (bicyclic) bond motifs is 1. The monoisotopic (exact) mass is 355 g/mol. The van der Waals surface area contributed by atoms with E-state index in [0.717, 1.165) is 6.42 Å².